The average Bonchev–Trinajstić information content (AvgIpc) is 3.46. The van der Waals surface area contributed by atoms with Crippen LogP contribution in [0.5, 0.6) is 0 Å². The van der Waals surface area contributed by atoms with E-state index < -0.39 is 0 Å². The second-order valence-electron chi connectivity index (χ2n) is 9.63. The van der Waals surface area contributed by atoms with Crippen LogP contribution in [0.4, 0.5) is 0 Å². The smallest absolute Gasteiger partial charge is 0.315 e. The van der Waals surface area contributed by atoms with Crippen molar-refractivity contribution in [1.82, 2.24) is 25.3 Å². The molecule has 0 radical (unpaired) electrons. The average molecular weight is 488 g/mol. The van der Waals surface area contributed by atoms with Gasteiger partial charge in [0.2, 0.25) is 5.91 Å². The number of benzene rings is 1. The van der Waals surface area contributed by atoms with Crippen LogP contribution in [0.3, 0.4) is 0 Å². The van der Waals surface area contributed by atoms with E-state index in [4.69, 9.17) is 4.52 Å². The van der Waals surface area contributed by atoms with Crippen molar-refractivity contribution in [3.05, 3.63) is 78.2 Å². The largest absolute Gasteiger partial charge is 0.344 e. The van der Waals surface area contributed by atoms with E-state index in [1.54, 1.807) is 12.4 Å². The lowest BCUT2D eigenvalue weighted by molar-refractivity contribution is -0.126. The molecule has 0 atom stereocenters. The van der Waals surface area contributed by atoms with Gasteiger partial charge in [-0.1, -0.05) is 36.9 Å². The summed E-state index contributed by atoms with van der Waals surface area (Å²) >= 11 is 0. The van der Waals surface area contributed by atoms with Gasteiger partial charge >= 0.3 is 11.8 Å². The molecular formula is C28H33N5O3. The van der Waals surface area contributed by atoms with Crippen LogP contribution in [0.15, 0.2) is 59.9 Å². The Labute approximate surface area is 211 Å². The molecule has 5 rings (SSSR count). The van der Waals surface area contributed by atoms with Crippen LogP contribution in [0.25, 0.3) is 11.1 Å². The van der Waals surface area contributed by atoms with E-state index in [1.165, 1.54) is 12.5 Å². The van der Waals surface area contributed by atoms with Crippen molar-refractivity contribution in [3.63, 3.8) is 0 Å². The Morgan fingerprint density at radius 3 is 2.47 bits per heavy atom. The van der Waals surface area contributed by atoms with Crippen molar-refractivity contribution < 1.29 is 14.1 Å². The van der Waals surface area contributed by atoms with Crippen LogP contribution < -0.4 is 5.32 Å². The second-order valence-corrected chi connectivity index (χ2v) is 9.63. The molecule has 188 valence electrons. The molecule has 2 amide bonds. The van der Waals surface area contributed by atoms with Crippen LogP contribution >= 0.6 is 0 Å². The van der Waals surface area contributed by atoms with Crippen LogP contribution in [-0.4, -0.2) is 44.9 Å². The zero-order chi connectivity index (χ0) is 25.5. The molecule has 1 aromatic carbocycles. The number of piperidine rings is 1. The van der Waals surface area contributed by atoms with E-state index in [9.17, 15) is 9.59 Å². The van der Waals surface area contributed by atoms with Gasteiger partial charge in [-0.15, -0.1) is 0 Å². The number of carbonyl (C=O) groups excluding carboxylic acids is 2. The van der Waals surface area contributed by atoms with Gasteiger partial charge in [0, 0.05) is 37.4 Å². The number of aryl methyl sites for hydroxylation is 1. The number of aromatic nitrogens is 3. The van der Waals surface area contributed by atoms with E-state index in [2.05, 4.69) is 40.0 Å². The minimum Gasteiger partial charge on any atom is -0.344 e. The number of hydrogen-bond donors (Lipinski definition) is 1. The van der Waals surface area contributed by atoms with Crippen molar-refractivity contribution in [1.29, 1.82) is 0 Å². The highest BCUT2D eigenvalue weighted by Gasteiger charge is 2.44. The number of nitrogens with zero attached hydrogens (tertiary/aromatic N) is 4. The Kier molecular flexibility index (Phi) is 7.93. The van der Waals surface area contributed by atoms with Crippen molar-refractivity contribution >= 4 is 11.8 Å². The molecular weight excluding hydrogens is 454 g/mol. The number of nitrogens with one attached hydrogen (secondary N) is 1. The van der Waals surface area contributed by atoms with E-state index in [1.807, 2.05) is 36.1 Å². The third kappa shape index (κ3) is 6.24. The predicted molar refractivity (Wildman–Crippen MR) is 137 cm³/mol. The monoisotopic (exact) mass is 487 g/mol. The molecule has 3 heterocycles. The molecule has 8 nitrogen and oxygen atoms in total. The van der Waals surface area contributed by atoms with Gasteiger partial charge < -0.3 is 14.7 Å². The van der Waals surface area contributed by atoms with Gasteiger partial charge in [0.1, 0.15) is 0 Å². The molecule has 1 N–H and O–H groups in total. The molecule has 2 aliphatic rings. The summed E-state index contributed by atoms with van der Waals surface area (Å²) in [6.45, 7) is 9.81. The van der Waals surface area contributed by atoms with E-state index in [-0.39, 0.29) is 23.1 Å². The van der Waals surface area contributed by atoms with E-state index in [0.29, 0.717) is 12.4 Å². The van der Waals surface area contributed by atoms with Gasteiger partial charge in [0.25, 0.3) is 0 Å². The summed E-state index contributed by atoms with van der Waals surface area (Å²) in [5.41, 5.74) is 4.38. The Morgan fingerprint density at radius 1 is 1.11 bits per heavy atom. The molecule has 8 heteroatoms. The summed E-state index contributed by atoms with van der Waals surface area (Å²) < 4.78 is 5.11. The van der Waals surface area contributed by atoms with Crippen molar-refractivity contribution in [2.75, 3.05) is 13.1 Å². The highest BCUT2D eigenvalue weighted by atomic mass is 16.5. The van der Waals surface area contributed by atoms with Crippen LogP contribution in [-0.2, 0) is 16.8 Å². The van der Waals surface area contributed by atoms with Gasteiger partial charge in [0.05, 0.1) is 0 Å². The molecule has 2 fully saturated rings. The van der Waals surface area contributed by atoms with Crippen LogP contribution in [0, 0.1) is 6.92 Å². The molecule has 1 saturated heterocycles. The highest BCUT2D eigenvalue weighted by Crippen LogP contribution is 2.45. The molecule has 1 saturated carbocycles. The first kappa shape index (κ1) is 25.3. The minimum absolute atomic E-state index is 0.0125. The fraction of sp³-hybridized carbons (Fsp3) is 0.393. The fourth-order valence-corrected chi connectivity index (χ4v) is 4.08. The molecule has 36 heavy (non-hydrogen) atoms. The Bertz CT molecular complexity index is 1210. The standard InChI is InChI=1S/C20H20N4O2.C8H13NO/c1-13-11-15(14-5-9-21-10-6-14)3-4-16(13)12-22-17(25)18-23-19(24-26-18)20(2)7-8-20;1-2-8(10)9-6-4-3-5-7-9/h3-6,9-11H,7-8,12H2,1-2H3,(H,22,25);2H,1,3-7H2. The topological polar surface area (TPSA) is 101 Å². The Morgan fingerprint density at radius 2 is 1.83 bits per heavy atom. The summed E-state index contributed by atoms with van der Waals surface area (Å²) in [5.74, 6) is 0.394. The number of pyridine rings is 1. The SMILES string of the molecule is C=CC(=O)N1CCCCC1.Cc1cc(-c2ccncc2)ccc1CNC(=O)c1nc(C2(C)CC2)no1. The summed E-state index contributed by atoms with van der Waals surface area (Å²) in [4.78, 5) is 33.4. The number of hydrogen-bond acceptors (Lipinski definition) is 6. The van der Waals surface area contributed by atoms with Crippen LogP contribution in [0.2, 0.25) is 0 Å². The Hall–Kier alpha value is -3.81. The summed E-state index contributed by atoms with van der Waals surface area (Å²) in [6, 6.07) is 10.1. The molecule has 0 spiro atoms. The molecule has 1 aliphatic carbocycles. The third-order valence-electron chi connectivity index (χ3n) is 6.80. The minimum atomic E-state index is -0.342. The lowest BCUT2D eigenvalue weighted by Crippen LogP contribution is -2.34. The van der Waals surface area contributed by atoms with Gasteiger partial charge in [-0.05, 0) is 79.5 Å². The zero-order valence-electron chi connectivity index (χ0n) is 21.0. The number of likely N-dealkylation sites (tertiary alicyclic amines) is 1. The lowest BCUT2D eigenvalue weighted by Gasteiger charge is -2.25. The lowest BCUT2D eigenvalue weighted by atomic mass is 10.0. The van der Waals surface area contributed by atoms with Gasteiger partial charge in [-0.25, -0.2) is 0 Å². The maximum absolute atomic E-state index is 12.3. The molecule has 1 aliphatic heterocycles. The van der Waals surface area contributed by atoms with E-state index in [0.717, 1.165) is 61.0 Å². The number of carbonyl (C=O) groups is 2. The molecule has 2 aromatic heterocycles. The first-order valence-corrected chi connectivity index (χ1v) is 12.4. The van der Waals surface area contributed by atoms with Gasteiger partial charge in [-0.3, -0.25) is 14.6 Å². The number of amides is 2. The molecule has 0 bridgehead atoms. The third-order valence-corrected chi connectivity index (χ3v) is 6.80. The highest BCUT2D eigenvalue weighted by molar-refractivity contribution is 5.89. The predicted octanol–water partition coefficient (Wildman–Crippen LogP) is 4.61. The van der Waals surface area contributed by atoms with Crippen molar-refractivity contribution in [2.45, 2.75) is 57.9 Å². The summed E-state index contributed by atoms with van der Waals surface area (Å²) in [5, 5.41) is 6.79. The van der Waals surface area contributed by atoms with Crippen molar-refractivity contribution in [3.8, 4) is 11.1 Å². The quantitative estimate of drug-likeness (QED) is 0.510. The van der Waals surface area contributed by atoms with E-state index >= 15 is 0 Å². The Balaban J connectivity index is 0.000000256. The molecule has 0 unspecified atom stereocenters. The fourth-order valence-electron chi connectivity index (χ4n) is 4.08. The van der Waals surface area contributed by atoms with Crippen LogP contribution in [0.1, 0.15) is 66.7 Å². The van der Waals surface area contributed by atoms with Gasteiger partial charge in [0.15, 0.2) is 5.82 Å². The summed E-state index contributed by atoms with van der Waals surface area (Å²) in [6.07, 6.45) is 10.6. The first-order valence-electron chi connectivity index (χ1n) is 12.4. The maximum atomic E-state index is 12.3. The molecule has 3 aromatic rings. The van der Waals surface area contributed by atoms with Crippen molar-refractivity contribution in [2.24, 2.45) is 0 Å². The maximum Gasteiger partial charge on any atom is 0.315 e. The summed E-state index contributed by atoms with van der Waals surface area (Å²) in [7, 11) is 0. The zero-order valence-corrected chi connectivity index (χ0v) is 21.0. The number of rotatable bonds is 6. The first-order chi connectivity index (χ1) is 17.4. The second kappa shape index (κ2) is 11.3. The normalized spacial score (nSPS) is 15.9. The van der Waals surface area contributed by atoms with Gasteiger partial charge in [-0.2, -0.15) is 4.98 Å².